The third-order valence-electron chi connectivity index (χ3n) is 5.45. The van der Waals surface area contributed by atoms with Crippen molar-refractivity contribution in [3.8, 4) is 11.5 Å². The van der Waals surface area contributed by atoms with Gasteiger partial charge in [0.05, 0.1) is 20.8 Å². The number of anilines is 1. The van der Waals surface area contributed by atoms with Gasteiger partial charge in [-0.3, -0.25) is 30.1 Å². The largest absolute Gasteiger partial charge is 0.493 e. The molecule has 0 radical (unpaired) electrons. The molecule has 1 aromatic carbocycles. The summed E-state index contributed by atoms with van der Waals surface area (Å²) in [5, 5.41) is 2.86. The van der Waals surface area contributed by atoms with Crippen molar-refractivity contribution in [1.29, 1.82) is 0 Å². The fourth-order valence-corrected chi connectivity index (χ4v) is 3.60. The number of pyridine rings is 1. The summed E-state index contributed by atoms with van der Waals surface area (Å²) >= 11 is 0. The summed E-state index contributed by atoms with van der Waals surface area (Å²) < 4.78 is 10.3. The molecule has 33 heavy (non-hydrogen) atoms. The van der Waals surface area contributed by atoms with E-state index in [1.165, 1.54) is 20.3 Å². The van der Waals surface area contributed by atoms with E-state index in [0.717, 1.165) is 5.56 Å². The van der Waals surface area contributed by atoms with Crippen LogP contribution in [-0.4, -0.2) is 61.5 Å². The van der Waals surface area contributed by atoms with Crippen molar-refractivity contribution in [3.63, 3.8) is 0 Å². The van der Waals surface area contributed by atoms with Crippen LogP contribution < -0.4 is 25.6 Å². The van der Waals surface area contributed by atoms with E-state index in [-0.39, 0.29) is 24.3 Å². The molecule has 0 atom stereocenters. The number of carbonyl (C=O) groups excluding carboxylic acids is 3. The van der Waals surface area contributed by atoms with Crippen LogP contribution in [-0.2, 0) is 9.59 Å². The van der Waals surface area contributed by atoms with Crippen LogP contribution in [0.5, 0.6) is 11.5 Å². The van der Waals surface area contributed by atoms with Crippen molar-refractivity contribution < 1.29 is 23.9 Å². The first kappa shape index (κ1) is 24.0. The standard InChI is InChI=1S/C23H29N5O5/c1-15-6-9-24-20(12-15)25-22(30)16-7-10-28(11-8-16)14-21(29)26-27-23(31)17-4-5-18(32-2)19(13-17)33-3/h4-6,9,12-13,16H,7-8,10-11,14H2,1-3H3,(H,26,29)(H,27,31)(H,24,25,30). The summed E-state index contributed by atoms with van der Waals surface area (Å²) in [7, 11) is 2.99. The molecule has 0 spiro atoms. The van der Waals surface area contributed by atoms with Crippen LogP contribution in [0, 0.1) is 12.8 Å². The van der Waals surface area contributed by atoms with Gasteiger partial charge in [-0.15, -0.1) is 0 Å². The lowest BCUT2D eigenvalue weighted by Gasteiger charge is -2.30. The van der Waals surface area contributed by atoms with Crippen molar-refractivity contribution in [1.82, 2.24) is 20.7 Å². The molecular formula is C23H29N5O5. The fourth-order valence-electron chi connectivity index (χ4n) is 3.60. The maximum absolute atomic E-state index is 12.5. The number of hydrazine groups is 1. The number of benzene rings is 1. The minimum atomic E-state index is -0.468. The molecule has 176 valence electrons. The Morgan fingerprint density at radius 2 is 1.76 bits per heavy atom. The molecule has 3 rings (SSSR count). The van der Waals surface area contributed by atoms with Crippen molar-refractivity contribution in [2.75, 3.05) is 39.2 Å². The van der Waals surface area contributed by atoms with Gasteiger partial charge in [0.1, 0.15) is 5.82 Å². The van der Waals surface area contributed by atoms with E-state index in [9.17, 15) is 14.4 Å². The molecule has 1 fully saturated rings. The van der Waals surface area contributed by atoms with E-state index in [4.69, 9.17) is 9.47 Å². The second-order valence-electron chi connectivity index (χ2n) is 7.83. The second-order valence-corrected chi connectivity index (χ2v) is 7.83. The third kappa shape index (κ3) is 6.66. The number of amides is 3. The molecule has 2 aromatic rings. The van der Waals surface area contributed by atoms with Gasteiger partial charge in [-0.25, -0.2) is 4.98 Å². The number of hydrogen-bond donors (Lipinski definition) is 3. The Hall–Kier alpha value is -3.66. The highest BCUT2D eigenvalue weighted by Crippen LogP contribution is 2.27. The Morgan fingerprint density at radius 3 is 2.42 bits per heavy atom. The summed E-state index contributed by atoms with van der Waals surface area (Å²) in [6, 6.07) is 8.42. The zero-order valence-corrected chi connectivity index (χ0v) is 19.0. The molecule has 3 N–H and O–H groups in total. The molecule has 1 aliphatic heterocycles. The first-order chi connectivity index (χ1) is 15.9. The van der Waals surface area contributed by atoms with Gasteiger partial charge >= 0.3 is 0 Å². The molecule has 1 aliphatic rings. The highest BCUT2D eigenvalue weighted by atomic mass is 16.5. The highest BCUT2D eigenvalue weighted by Gasteiger charge is 2.26. The summed E-state index contributed by atoms with van der Waals surface area (Å²) in [6.07, 6.45) is 2.95. The Balaban J connectivity index is 1.41. The lowest BCUT2D eigenvalue weighted by atomic mass is 9.96. The lowest BCUT2D eigenvalue weighted by molar-refractivity contribution is -0.124. The number of aryl methyl sites for hydroxylation is 1. The molecule has 1 aromatic heterocycles. The number of nitrogens with zero attached hydrogens (tertiary/aromatic N) is 2. The first-order valence-electron chi connectivity index (χ1n) is 10.7. The Bertz CT molecular complexity index is 1000. The molecular weight excluding hydrogens is 426 g/mol. The third-order valence-corrected chi connectivity index (χ3v) is 5.45. The minimum absolute atomic E-state index is 0.0561. The molecule has 2 heterocycles. The van der Waals surface area contributed by atoms with Crippen LogP contribution in [0.25, 0.3) is 0 Å². The van der Waals surface area contributed by atoms with Crippen molar-refractivity contribution in [2.45, 2.75) is 19.8 Å². The van der Waals surface area contributed by atoms with Gasteiger partial charge in [0.2, 0.25) is 5.91 Å². The summed E-state index contributed by atoms with van der Waals surface area (Å²) in [5.41, 5.74) is 6.18. The van der Waals surface area contributed by atoms with Crippen LogP contribution in [0.15, 0.2) is 36.5 Å². The predicted molar refractivity (Wildman–Crippen MR) is 122 cm³/mol. The van der Waals surface area contributed by atoms with Crippen molar-refractivity contribution in [3.05, 3.63) is 47.7 Å². The van der Waals surface area contributed by atoms with E-state index in [1.807, 2.05) is 24.0 Å². The minimum Gasteiger partial charge on any atom is -0.493 e. The van der Waals surface area contributed by atoms with Gasteiger partial charge in [0.15, 0.2) is 11.5 Å². The normalized spacial score (nSPS) is 14.3. The van der Waals surface area contributed by atoms with Crippen LogP contribution >= 0.6 is 0 Å². The molecule has 0 aliphatic carbocycles. The zero-order valence-electron chi connectivity index (χ0n) is 19.0. The average Bonchev–Trinajstić information content (AvgIpc) is 2.82. The lowest BCUT2D eigenvalue weighted by Crippen LogP contribution is -2.48. The molecule has 0 bridgehead atoms. The quantitative estimate of drug-likeness (QED) is 0.541. The SMILES string of the molecule is COc1ccc(C(=O)NNC(=O)CN2CCC(C(=O)Nc3cc(C)ccn3)CC2)cc1OC. The number of ether oxygens (including phenoxy) is 2. The average molecular weight is 456 g/mol. The number of piperidine rings is 1. The maximum atomic E-state index is 12.5. The Labute approximate surface area is 192 Å². The van der Waals surface area contributed by atoms with Crippen LogP contribution in [0.4, 0.5) is 5.82 Å². The number of hydrogen-bond acceptors (Lipinski definition) is 7. The van der Waals surface area contributed by atoms with Crippen LogP contribution in [0.1, 0.15) is 28.8 Å². The first-order valence-corrected chi connectivity index (χ1v) is 10.7. The van der Waals surface area contributed by atoms with E-state index in [2.05, 4.69) is 21.2 Å². The van der Waals surface area contributed by atoms with E-state index in [0.29, 0.717) is 48.8 Å². The van der Waals surface area contributed by atoms with Gasteiger partial charge in [0, 0.05) is 17.7 Å². The maximum Gasteiger partial charge on any atom is 0.269 e. The number of aromatic nitrogens is 1. The molecule has 1 saturated heterocycles. The number of methoxy groups -OCH3 is 2. The number of carbonyl (C=O) groups is 3. The monoisotopic (exact) mass is 455 g/mol. The van der Waals surface area contributed by atoms with Gasteiger partial charge < -0.3 is 14.8 Å². The van der Waals surface area contributed by atoms with Crippen LogP contribution in [0.3, 0.4) is 0 Å². The smallest absolute Gasteiger partial charge is 0.269 e. The summed E-state index contributed by atoms with van der Waals surface area (Å²) in [4.78, 5) is 43.2. The molecule has 0 unspecified atom stereocenters. The van der Waals surface area contributed by atoms with Crippen LogP contribution in [0.2, 0.25) is 0 Å². The fraction of sp³-hybridized carbons (Fsp3) is 0.391. The molecule has 3 amide bonds. The molecule has 0 saturated carbocycles. The number of rotatable bonds is 7. The van der Waals surface area contributed by atoms with E-state index >= 15 is 0 Å². The highest BCUT2D eigenvalue weighted by molar-refractivity contribution is 5.96. The number of likely N-dealkylation sites (tertiary alicyclic amines) is 1. The zero-order chi connectivity index (χ0) is 23.8. The number of nitrogens with one attached hydrogen (secondary N) is 3. The topological polar surface area (TPSA) is 122 Å². The van der Waals surface area contributed by atoms with Gasteiger partial charge in [0.25, 0.3) is 11.8 Å². The predicted octanol–water partition coefficient (Wildman–Crippen LogP) is 1.52. The molecule has 10 heteroatoms. The molecule has 10 nitrogen and oxygen atoms in total. The van der Waals surface area contributed by atoms with E-state index < -0.39 is 5.91 Å². The Kier molecular flexibility index (Phi) is 8.20. The summed E-state index contributed by atoms with van der Waals surface area (Å²) in [6.45, 7) is 3.28. The van der Waals surface area contributed by atoms with Gasteiger partial charge in [-0.05, 0) is 68.8 Å². The van der Waals surface area contributed by atoms with Crippen molar-refractivity contribution in [2.24, 2.45) is 5.92 Å². The van der Waals surface area contributed by atoms with Crippen molar-refractivity contribution >= 4 is 23.5 Å². The summed E-state index contributed by atoms with van der Waals surface area (Å²) in [5.74, 6) is 0.481. The van der Waals surface area contributed by atoms with Gasteiger partial charge in [-0.2, -0.15) is 0 Å². The van der Waals surface area contributed by atoms with Gasteiger partial charge in [-0.1, -0.05) is 0 Å². The Morgan fingerprint density at radius 1 is 1.03 bits per heavy atom. The van der Waals surface area contributed by atoms with E-state index in [1.54, 1.807) is 18.3 Å². The second kappa shape index (κ2) is 11.3.